The fraction of sp³-hybridized carbons (Fsp3) is 0.346. The van der Waals surface area contributed by atoms with Crippen LogP contribution in [0.2, 0.25) is 0 Å². The molecular weight excluding hydrogens is 420 g/mol. The van der Waals surface area contributed by atoms with Crippen molar-refractivity contribution in [3.8, 4) is 0 Å². The third kappa shape index (κ3) is 4.71. The van der Waals surface area contributed by atoms with Crippen LogP contribution in [-0.2, 0) is 14.8 Å². The lowest BCUT2D eigenvalue weighted by atomic mass is 9.95. The van der Waals surface area contributed by atoms with E-state index in [0.717, 1.165) is 22.8 Å². The average molecular weight is 451 g/mol. The van der Waals surface area contributed by atoms with E-state index in [-0.39, 0.29) is 17.9 Å². The second-order valence-corrected chi connectivity index (χ2v) is 10.5. The largest absolute Gasteiger partial charge is 0.349 e. The third-order valence-electron chi connectivity index (χ3n) is 6.39. The number of hydrogen-bond acceptors (Lipinski definition) is 3. The molecule has 1 aliphatic rings. The number of amides is 1. The fourth-order valence-corrected chi connectivity index (χ4v) is 5.85. The van der Waals surface area contributed by atoms with Crippen molar-refractivity contribution in [3.63, 3.8) is 0 Å². The first kappa shape index (κ1) is 22.5. The van der Waals surface area contributed by atoms with E-state index in [9.17, 15) is 13.2 Å². The number of carbonyl (C=O) groups excluding carboxylic acids is 1. The molecule has 3 aromatic carbocycles. The van der Waals surface area contributed by atoms with Gasteiger partial charge in [-0.1, -0.05) is 67.1 Å². The number of benzene rings is 3. The zero-order valence-corrected chi connectivity index (χ0v) is 19.4. The third-order valence-corrected chi connectivity index (χ3v) is 8.28. The second kappa shape index (κ2) is 9.43. The molecule has 0 bridgehead atoms. The second-order valence-electron chi connectivity index (χ2n) is 8.57. The number of rotatable bonds is 6. The minimum atomic E-state index is -3.58. The molecule has 1 aliphatic heterocycles. The highest BCUT2D eigenvalue weighted by atomic mass is 32.2. The Hall–Kier alpha value is -2.70. The standard InChI is InChI=1S/C26H30N2O3S/c1-3-25(21-10-8-19(2)9-11-21)27-26(29)22-14-16-28(17-15-22)32(30,31)24-13-12-20-6-4-5-7-23(20)18-24/h4-13,18,22,25H,3,14-17H2,1-2H3,(H,27,29). The molecule has 0 saturated carbocycles. The van der Waals surface area contributed by atoms with Crippen LogP contribution in [0, 0.1) is 12.8 Å². The van der Waals surface area contributed by atoms with Crippen molar-refractivity contribution >= 4 is 26.7 Å². The maximum atomic E-state index is 13.2. The van der Waals surface area contributed by atoms with Gasteiger partial charge in [0.25, 0.3) is 0 Å². The Balaban J connectivity index is 1.40. The van der Waals surface area contributed by atoms with Gasteiger partial charge >= 0.3 is 0 Å². The van der Waals surface area contributed by atoms with E-state index in [0.29, 0.717) is 30.8 Å². The molecule has 0 aromatic heterocycles. The van der Waals surface area contributed by atoms with Gasteiger partial charge in [0.1, 0.15) is 0 Å². The number of fused-ring (bicyclic) bond motifs is 1. The maximum absolute atomic E-state index is 13.2. The number of aryl methyl sites for hydroxylation is 1. The Kier molecular flexibility index (Phi) is 6.63. The molecule has 1 atom stereocenters. The van der Waals surface area contributed by atoms with Crippen LogP contribution >= 0.6 is 0 Å². The van der Waals surface area contributed by atoms with Crippen LogP contribution in [0.1, 0.15) is 43.4 Å². The summed E-state index contributed by atoms with van der Waals surface area (Å²) in [5.74, 6) is -0.155. The van der Waals surface area contributed by atoms with Gasteiger partial charge < -0.3 is 5.32 Å². The summed E-state index contributed by atoms with van der Waals surface area (Å²) in [5, 5.41) is 5.09. The molecule has 4 rings (SSSR count). The first-order valence-corrected chi connectivity index (χ1v) is 12.7. The molecule has 1 saturated heterocycles. The van der Waals surface area contributed by atoms with Gasteiger partial charge in [0, 0.05) is 19.0 Å². The highest BCUT2D eigenvalue weighted by Crippen LogP contribution is 2.27. The van der Waals surface area contributed by atoms with Crippen LogP contribution in [0.25, 0.3) is 10.8 Å². The van der Waals surface area contributed by atoms with Crippen molar-refractivity contribution in [2.75, 3.05) is 13.1 Å². The van der Waals surface area contributed by atoms with Crippen LogP contribution in [0.4, 0.5) is 0 Å². The van der Waals surface area contributed by atoms with Gasteiger partial charge in [-0.15, -0.1) is 0 Å². The molecule has 0 aliphatic carbocycles. The molecule has 6 heteroatoms. The normalized spacial score (nSPS) is 16.7. The molecule has 1 N–H and O–H groups in total. The summed E-state index contributed by atoms with van der Waals surface area (Å²) in [7, 11) is -3.58. The molecule has 1 fully saturated rings. The summed E-state index contributed by atoms with van der Waals surface area (Å²) in [6.45, 7) is 4.82. The van der Waals surface area contributed by atoms with Crippen LogP contribution < -0.4 is 5.32 Å². The molecule has 0 radical (unpaired) electrons. The van der Waals surface area contributed by atoms with Crippen molar-refractivity contribution in [3.05, 3.63) is 77.9 Å². The summed E-state index contributed by atoms with van der Waals surface area (Å²) in [6, 6.07) is 21.2. The van der Waals surface area contributed by atoms with E-state index in [4.69, 9.17) is 0 Å². The first-order chi connectivity index (χ1) is 15.4. The van der Waals surface area contributed by atoms with Gasteiger partial charge in [-0.3, -0.25) is 4.79 Å². The summed E-state index contributed by atoms with van der Waals surface area (Å²) in [5.41, 5.74) is 2.29. The van der Waals surface area contributed by atoms with Gasteiger partial charge in [0.2, 0.25) is 15.9 Å². The van der Waals surface area contributed by atoms with Crippen molar-refractivity contribution in [1.29, 1.82) is 0 Å². The van der Waals surface area contributed by atoms with Crippen molar-refractivity contribution in [2.45, 2.75) is 44.0 Å². The quantitative estimate of drug-likeness (QED) is 0.586. The summed E-state index contributed by atoms with van der Waals surface area (Å²) < 4.78 is 27.9. The Morgan fingerprint density at radius 3 is 2.31 bits per heavy atom. The van der Waals surface area contributed by atoms with E-state index >= 15 is 0 Å². The Morgan fingerprint density at radius 2 is 1.66 bits per heavy atom. The number of nitrogens with one attached hydrogen (secondary N) is 1. The molecular formula is C26H30N2O3S. The molecule has 32 heavy (non-hydrogen) atoms. The number of sulfonamides is 1. The highest BCUT2D eigenvalue weighted by Gasteiger charge is 2.32. The van der Waals surface area contributed by atoms with Gasteiger partial charge in [-0.05, 0) is 54.7 Å². The van der Waals surface area contributed by atoms with E-state index in [1.165, 1.54) is 9.87 Å². The number of piperidine rings is 1. The molecule has 3 aromatic rings. The van der Waals surface area contributed by atoms with Crippen molar-refractivity contribution in [2.24, 2.45) is 5.92 Å². The SMILES string of the molecule is CCC(NC(=O)C1CCN(S(=O)(=O)c2ccc3ccccc3c2)CC1)c1ccc(C)cc1. The predicted octanol–water partition coefficient (Wildman–Crippen LogP) is 4.82. The van der Waals surface area contributed by atoms with Crippen LogP contribution in [0.3, 0.4) is 0 Å². The summed E-state index contributed by atoms with van der Waals surface area (Å²) in [4.78, 5) is 13.2. The van der Waals surface area contributed by atoms with Gasteiger partial charge in [-0.25, -0.2) is 8.42 Å². The van der Waals surface area contributed by atoms with E-state index in [2.05, 4.69) is 36.5 Å². The number of hydrogen-bond donors (Lipinski definition) is 1. The predicted molar refractivity (Wildman–Crippen MR) is 128 cm³/mol. The highest BCUT2D eigenvalue weighted by molar-refractivity contribution is 7.89. The Morgan fingerprint density at radius 1 is 1.00 bits per heavy atom. The summed E-state index contributed by atoms with van der Waals surface area (Å²) >= 11 is 0. The van der Waals surface area contributed by atoms with Gasteiger partial charge in [0.15, 0.2) is 0 Å². The number of carbonyl (C=O) groups is 1. The zero-order valence-electron chi connectivity index (χ0n) is 18.6. The van der Waals surface area contributed by atoms with Gasteiger partial charge in [-0.2, -0.15) is 4.31 Å². The van der Waals surface area contributed by atoms with Crippen LogP contribution in [0.15, 0.2) is 71.6 Å². The molecule has 168 valence electrons. The minimum Gasteiger partial charge on any atom is -0.349 e. The number of nitrogens with zero attached hydrogens (tertiary/aromatic N) is 1. The lowest BCUT2D eigenvalue weighted by Crippen LogP contribution is -2.43. The molecule has 0 spiro atoms. The van der Waals surface area contributed by atoms with Crippen LogP contribution in [-0.4, -0.2) is 31.7 Å². The average Bonchev–Trinajstić information content (AvgIpc) is 2.82. The van der Waals surface area contributed by atoms with Crippen LogP contribution in [0.5, 0.6) is 0 Å². The monoisotopic (exact) mass is 450 g/mol. The van der Waals surface area contributed by atoms with Gasteiger partial charge in [0.05, 0.1) is 10.9 Å². The molecule has 5 nitrogen and oxygen atoms in total. The lowest BCUT2D eigenvalue weighted by molar-refractivity contribution is -0.126. The smallest absolute Gasteiger partial charge is 0.243 e. The van der Waals surface area contributed by atoms with Crippen molar-refractivity contribution < 1.29 is 13.2 Å². The topological polar surface area (TPSA) is 66.5 Å². The fourth-order valence-electron chi connectivity index (χ4n) is 4.34. The van der Waals surface area contributed by atoms with E-state index in [1.807, 2.05) is 37.3 Å². The lowest BCUT2D eigenvalue weighted by Gasteiger charge is -2.31. The van der Waals surface area contributed by atoms with E-state index in [1.54, 1.807) is 12.1 Å². The first-order valence-electron chi connectivity index (χ1n) is 11.2. The Labute approximate surface area is 190 Å². The molecule has 1 heterocycles. The molecule has 1 unspecified atom stereocenters. The maximum Gasteiger partial charge on any atom is 0.243 e. The van der Waals surface area contributed by atoms with Crippen molar-refractivity contribution in [1.82, 2.24) is 9.62 Å². The zero-order chi connectivity index (χ0) is 22.7. The minimum absolute atomic E-state index is 0.0141. The summed E-state index contributed by atoms with van der Waals surface area (Å²) in [6.07, 6.45) is 1.87. The molecule has 1 amide bonds. The Bertz CT molecular complexity index is 1200. The van der Waals surface area contributed by atoms with E-state index < -0.39 is 10.0 Å².